The lowest BCUT2D eigenvalue weighted by Crippen LogP contribution is -2.40. The molecule has 0 aromatic heterocycles. The van der Waals surface area contributed by atoms with Crippen LogP contribution in [0.3, 0.4) is 0 Å². The number of nitrogens with zero attached hydrogens (tertiary/aromatic N) is 1. The number of hydrogen-bond donors (Lipinski definition) is 3. The van der Waals surface area contributed by atoms with Crippen LogP contribution in [-0.2, 0) is 14.3 Å². The van der Waals surface area contributed by atoms with Gasteiger partial charge < -0.3 is 20.7 Å². The van der Waals surface area contributed by atoms with E-state index in [1.807, 2.05) is 0 Å². The smallest absolute Gasteiger partial charge is 0.328 e. The van der Waals surface area contributed by atoms with Crippen LogP contribution < -0.4 is 16.0 Å². The minimum absolute atomic E-state index is 0.00378. The molecule has 2 aromatic carbocycles. The van der Waals surface area contributed by atoms with Crippen LogP contribution in [0, 0.1) is 10.1 Å². The monoisotopic (exact) mass is 482 g/mol. The van der Waals surface area contributed by atoms with E-state index in [-0.39, 0.29) is 28.9 Å². The number of nitro groups is 1. The van der Waals surface area contributed by atoms with Gasteiger partial charge in [-0.2, -0.15) is 0 Å². The van der Waals surface area contributed by atoms with Gasteiger partial charge in [-0.15, -0.1) is 0 Å². The molecule has 0 spiro atoms. The van der Waals surface area contributed by atoms with E-state index in [0.29, 0.717) is 5.56 Å². The van der Waals surface area contributed by atoms with Crippen molar-refractivity contribution in [3.8, 4) is 0 Å². The maximum absolute atomic E-state index is 12.6. The summed E-state index contributed by atoms with van der Waals surface area (Å²) >= 11 is 0. The van der Waals surface area contributed by atoms with Gasteiger partial charge in [-0.25, -0.2) is 4.79 Å². The summed E-state index contributed by atoms with van der Waals surface area (Å²) in [4.78, 5) is 59.7. The number of amides is 3. The van der Waals surface area contributed by atoms with Crippen LogP contribution in [0.1, 0.15) is 53.3 Å². The van der Waals surface area contributed by atoms with Gasteiger partial charge in [0.05, 0.1) is 16.2 Å². The van der Waals surface area contributed by atoms with Crippen molar-refractivity contribution in [1.29, 1.82) is 0 Å². The zero-order chi connectivity index (χ0) is 25.4. The van der Waals surface area contributed by atoms with Crippen LogP contribution in [0.25, 0.3) is 0 Å². The summed E-state index contributed by atoms with van der Waals surface area (Å²) in [6.07, 6.45) is 3.98. The third kappa shape index (κ3) is 7.10. The number of para-hydroxylation sites is 1. The van der Waals surface area contributed by atoms with E-state index < -0.39 is 35.4 Å². The SMILES string of the molecule is C[C@H](NC(=O)c1cccc([N+](=O)[O-])c1)C(=O)OCC(=O)Nc1ccccc1C(=O)NC1CCCC1. The molecule has 0 radical (unpaired) electrons. The van der Waals surface area contributed by atoms with E-state index in [2.05, 4.69) is 16.0 Å². The second kappa shape index (κ2) is 11.7. The Hall–Kier alpha value is -4.28. The molecule has 2 aromatic rings. The Bertz CT molecular complexity index is 1130. The Morgan fingerprint density at radius 1 is 1.06 bits per heavy atom. The van der Waals surface area contributed by atoms with E-state index in [1.54, 1.807) is 24.3 Å². The molecule has 1 fully saturated rings. The second-order valence-corrected chi connectivity index (χ2v) is 8.16. The number of carbonyl (C=O) groups is 4. The first-order chi connectivity index (χ1) is 16.7. The quantitative estimate of drug-likeness (QED) is 0.282. The molecule has 1 aliphatic rings. The van der Waals surface area contributed by atoms with Gasteiger partial charge in [-0.1, -0.05) is 31.0 Å². The molecule has 0 saturated heterocycles. The zero-order valence-electron chi connectivity index (χ0n) is 19.1. The molecule has 3 N–H and O–H groups in total. The standard InChI is InChI=1S/C24H26N4O7/c1-15(25-22(30)16-7-6-10-18(13-16)28(33)34)24(32)35-14-21(29)27-20-12-5-4-11-19(20)23(31)26-17-8-2-3-9-17/h4-7,10-13,15,17H,2-3,8-9,14H2,1H3,(H,25,30)(H,26,31)(H,27,29)/t15-/m0/s1. The van der Waals surface area contributed by atoms with Crippen LogP contribution in [-0.4, -0.2) is 47.3 Å². The minimum atomic E-state index is -1.11. The molecule has 0 bridgehead atoms. The third-order valence-corrected chi connectivity index (χ3v) is 5.50. The largest absolute Gasteiger partial charge is 0.454 e. The number of nitrogens with one attached hydrogen (secondary N) is 3. The lowest BCUT2D eigenvalue weighted by molar-refractivity contribution is -0.384. The van der Waals surface area contributed by atoms with E-state index in [9.17, 15) is 29.3 Å². The molecule has 35 heavy (non-hydrogen) atoms. The predicted molar refractivity (Wildman–Crippen MR) is 126 cm³/mol. The fourth-order valence-corrected chi connectivity index (χ4v) is 3.67. The molecule has 3 amide bonds. The Morgan fingerprint density at radius 3 is 2.49 bits per heavy atom. The highest BCUT2D eigenvalue weighted by atomic mass is 16.6. The van der Waals surface area contributed by atoms with Crippen molar-refractivity contribution < 1.29 is 28.8 Å². The Balaban J connectivity index is 1.51. The van der Waals surface area contributed by atoms with E-state index in [4.69, 9.17) is 4.74 Å². The number of esters is 1. The minimum Gasteiger partial charge on any atom is -0.454 e. The van der Waals surface area contributed by atoms with Crippen molar-refractivity contribution in [1.82, 2.24) is 10.6 Å². The number of non-ortho nitro benzene ring substituents is 1. The zero-order valence-corrected chi connectivity index (χ0v) is 19.1. The van der Waals surface area contributed by atoms with Crippen molar-refractivity contribution in [3.63, 3.8) is 0 Å². The molecule has 3 rings (SSSR count). The van der Waals surface area contributed by atoms with Gasteiger partial charge in [-0.05, 0) is 38.0 Å². The average Bonchev–Trinajstić information content (AvgIpc) is 3.35. The lowest BCUT2D eigenvalue weighted by atomic mass is 10.1. The summed E-state index contributed by atoms with van der Waals surface area (Å²) in [5.41, 5.74) is 0.332. The Labute approximate surface area is 201 Å². The normalized spacial score (nSPS) is 14.0. The highest BCUT2D eigenvalue weighted by molar-refractivity contribution is 6.04. The first-order valence-corrected chi connectivity index (χ1v) is 11.2. The topological polar surface area (TPSA) is 157 Å². The van der Waals surface area contributed by atoms with E-state index >= 15 is 0 Å². The summed E-state index contributed by atoms with van der Waals surface area (Å²) in [7, 11) is 0. The van der Waals surface area contributed by atoms with Crippen molar-refractivity contribution >= 4 is 35.1 Å². The van der Waals surface area contributed by atoms with Gasteiger partial charge in [-0.3, -0.25) is 24.5 Å². The van der Waals surface area contributed by atoms with Gasteiger partial charge in [0.1, 0.15) is 6.04 Å². The maximum Gasteiger partial charge on any atom is 0.328 e. The van der Waals surface area contributed by atoms with Crippen LogP contribution in [0.4, 0.5) is 11.4 Å². The van der Waals surface area contributed by atoms with Crippen molar-refractivity contribution in [2.45, 2.75) is 44.7 Å². The molecule has 11 heteroatoms. The predicted octanol–water partition coefficient (Wildman–Crippen LogP) is 2.57. The summed E-state index contributed by atoms with van der Waals surface area (Å²) in [5, 5.41) is 18.8. The van der Waals surface area contributed by atoms with Crippen LogP contribution in [0.15, 0.2) is 48.5 Å². The molecule has 1 aliphatic carbocycles. The number of carbonyl (C=O) groups excluding carboxylic acids is 4. The summed E-state index contributed by atoms with van der Waals surface area (Å²) in [5.74, 6) is -2.52. The number of hydrogen-bond acceptors (Lipinski definition) is 7. The maximum atomic E-state index is 12.6. The highest BCUT2D eigenvalue weighted by Crippen LogP contribution is 2.20. The van der Waals surface area contributed by atoms with Gasteiger partial charge in [0.25, 0.3) is 23.4 Å². The van der Waals surface area contributed by atoms with Crippen molar-refractivity contribution in [3.05, 3.63) is 69.8 Å². The summed E-state index contributed by atoms with van der Waals surface area (Å²) in [6, 6.07) is 10.6. The molecule has 11 nitrogen and oxygen atoms in total. The van der Waals surface area contributed by atoms with Crippen LogP contribution in [0.5, 0.6) is 0 Å². The Kier molecular flexibility index (Phi) is 8.49. The molecular formula is C24H26N4O7. The molecule has 0 heterocycles. The first-order valence-electron chi connectivity index (χ1n) is 11.2. The fraction of sp³-hybridized carbons (Fsp3) is 0.333. The van der Waals surface area contributed by atoms with Crippen LogP contribution in [0.2, 0.25) is 0 Å². The van der Waals surface area contributed by atoms with Gasteiger partial charge >= 0.3 is 5.97 Å². The van der Waals surface area contributed by atoms with Gasteiger partial charge in [0, 0.05) is 23.7 Å². The molecular weight excluding hydrogens is 456 g/mol. The van der Waals surface area contributed by atoms with Gasteiger partial charge in [0.2, 0.25) is 0 Å². The fourth-order valence-electron chi connectivity index (χ4n) is 3.67. The highest BCUT2D eigenvalue weighted by Gasteiger charge is 2.22. The summed E-state index contributed by atoms with van der Waals surface area (Å²) in [6.45, 7) is 0.729. The molecule has 1 atom stereocenters. The number of ether oxygens (including phenoxy) is 1. The third-order valence-electron chi connectivity index (χ3n) is 5.50. The number of nitro benzene ring substituents is 1. The molecule has 1 saturated carbocycles. The van der Waals surface area contributed by atoms with E-state index in [0.717, 1.165) is 31.7 Å². The number of anilines is 1. The van der Waals surface area contributed by atoms with Crippen molar-refractivity contribution in [2.24, 2.45) is 0 Å². The number of rotatable bonds is 9. The summed E-state index contributed by atoms with van der Waals surface area (Å²) < 4.78 is 4.97. The first kappa shape index (κ1) is 25.3. The lowest BCUT2D eigenvalue weighted by Gasteiger charge is -2.16. The number of benzene rings is 2. The van der Waals surface area contributed by atoms with Gasteiger partial charge in [0.15, 0.2) is 6.61 Å². The molecule has 0 unspecified atom stereocenters. The van der Waals surface area contributed by atoms with E-state index in [1.165, 1.54) is 25.1 Å². The Morgan fingerprint density at radius 2 is 1.77 bits per heavy atom. The molecule has 184 valence electrons. The average molecular weight is 482 g/mol. The van der Waals surface area contributed by atoms with Crippen LogP contribution >= 0.6 is 0 Å². The van der Waals surface area contributed by atoms with Crippen molar-refractivity contribution in [2.75, 3.05) is 11.9 Å². The second-order valence-electron chi connectivity index (χ2n) is 8.16. The molecule has 0 aliphatic heterocycles.